The predicted molar refractivity (Wildman–Crippen MR) is 97.7 cm³/mol. The molecule has 3 rings (SSSR count). The van der Waals surface area contributed by atoms with E-state index >= 15 is 0 Å². The molecule has 1 unspecified atom stereocenters. The van der Waals surface area contributed by atoms with Gasteiger partial charge in [0.2, 0.25) is 5.91 Å². The largest absolute Gasteiger partial charge is 0.493 e. The van der Waals surface area contributed by atoms with Crippen molar-refractivity contribution in [2.75, 3.05) is 20.8 Å². The van der Waals surface area contributed by atoms with Crippen molar-refractivity contribution in [2.45, 2.75) is 18.9 Å². The molecule has 2 heterocycles. The van der Waals surface area contributed by atoms with Crippen LogP contribution in [-0.4, -0.2) is 42.6 Å². The first-order chi connectivity index (χ1) is 13.0. The molecule has 1 aromatic heterocycles. The number of ether oxygens (including phenoxy) is 2. The van der Waals surface area contributed by atoms with Gasteiger partial charge in [-0.05, 0) is 47.9 Å². The second kappa shape index (κ2) is 7.99. The molecule has 1 aromatic carbocycles. The van der Waals surface area contributed by atoms with Gasteiger partial charge in [0, 0.05) is 12.6 Å². The Bertz CT molecular complexity index is 856. The summed E-state index contributed by atoms with van der Waals surface area (Å²) in [5.74, 6) is 0.408. The molecule has 0 spiro atoms. The first-order valence-corrected chi connectivity index (χ1v) is 8.52. The summed E-state index contributed by atoms with van der Waals surface area (Å²) in [6, 6.07) is 6.50. The number of amides is 1. The van der Waals surface area contributed by atoms with E-state index in [4.69, 9.17) is 13.9 Å². The quantitative estimate of drug-likeness (QED) is 0.786. The van der Waals surface area contributed by atoms with E-state index < -0.39 is 12.0 Å². The third-order valence-corrected chi connectivity index (χ3v) is 4.59. The molecule has 0 saturated carbocycles. The normalized spacial score (nSPS) is 16.2. The maximum absolute atomic E-state index is 12.7. The number of hydrogen-bond donors (Lipinski definition) is 1. The Labute approximate surface area is 156 Å². The fraction of sp³-hybridized carbons (Fsp3) is 0.300. The standard InChI is InChI=1S/C20H21NO6/c1-25-17-10-13-7-8-21(19(22)6-5-14-4-3-9-27-14)16(12-20(23)24)15(13)11-18(17)26-2/h3-6,9-11,16H,7-8,12H2,1-2H3,(H,23,24). The topological polar surface area (TPSA) is 89.2 Å². The molecule has 1 aliphatic rings. The second-order valence-corrected chi connectivity index (χ2v) is 6.15. The molecule has 7 heteroatoms. The number of rotatable bonds is 6. The number of furan rings is 1. The van der Waals surface area contributed by atoms with Gasteiger partial charge in [-0.15, -0.1) is 0 Å². The average molecular weight is 371 g/mol. The van der Waals surface area contributed by atoms with Gasteiger partial charge in [-0.25, -0.2) is 0 Å². The number of nitrogens with zero attached hydrogens (tertiary/aromatic N) is 1. The van der Waals surface area contributed by atoms with Gasteiger partial charge in [0.25, 0.3) is 0 Å². The van der Waals surface area contributed by atoms with E-state index in [0.717, 1.165) is 11.1 Å². The Kier molecular flexibility index (Phi) is 5.49. The third-order valence-electron chi connectivity index (χ3n) is 4.59. The second-order valence-electron chi connectivity index (χ2n) is 6.15. The zero-order valence-electron chi connectivity index (χ0n) is 15.2. The molecule has 27 heavy (non-hydrogen) atoms. The van der Waals surface area contributed by atoms with Gasteiger partial charge in [0.15, 0.2) is 11.5 Å². The van der Waals surface area contributed by atoms with Crippen LogP contribution >= 0.6 is 0 Å². The molecular formula is C20H21NO6. The first kappa shape index (κ1) is 18.6. The van der Waals surface area contributed by atoms with E-state index in [1.807, 2.05) is 6.07 Å². The smallest absolute Gasteiger partial charge is 0.305 e. The predicted octanol–water partition coefficient (Wildman–Crippen LogP) is 2.91. The van der Waals surface area contributed by atoms with Crippen LogP contribution in [0.1, 0.15) is 29.3 Å². The van der Waals surface area contributed by atoms with E-state index in [-0.39, 0.29) is 12.3 Å². The van der Waals surface area contributed by atoms with Crippen LogP contribution in [0.5, 0.6) is 11.5 Å². The molecular weight excluding hydrogens is 350 g/mol. The molecule has 1 atom stereocenters. The molecule has 0 aliphatic carbocycles. The number of carboxylic acid groups (broad SMARTS) is 1. The fourth-order valence-electron chi connectivity index (χ4n) is 3.31. The molecule has 1 aliphatic heterocycles. The Morgan fingerprint density at radius 1 is 1.30 bits per heavy atom. The van der Waals surface area contributed by atoms with Gasteiger partial charge in [0.05, 0.1) is 32.9 Å². The van der Waals surface area contributed by atoms with Crippen molar-refractivity contribution >= 4 is 18.0 Å². The van der Waals surface area contributed by atoms with E-state index in [9.17, 15) is 14.7 Å². The lowest BCUT2D eigenvalue weighted by Crippen LogP contribution is -2.40. The van der Waals surface area contributed by atoms with Gasteiger partial charge in [-0.2, -0.15) is 0 Å². The van der Waals surface area contributed by atoms with Crippen molar-refractivity contribution < 1.29 is 28.6 Å². The molecule has 142 valence electrons. The van der Waals surface area contributed by atoms with Crippen molar-refractivity contribution in [1.29, 1.82) is 0 Å². The highest BCUT2D eigenvalue weighted by molar-refractivity contribution is 5.92. The monoisotopic (exact) mass is 371 g/mol. The summed E-state index contributed by atoms with van der Waals surface area (Å²) >= 11 is 0. The van der Waals surface area contributed by atoms with E-state index in [0.29, 0.717) is 30.2 Å². The van der Waals surface area contributed by atoms with Crippen LogP contribution in [0.2, 0.25) is 0 Å². The highest BCUT2D eigenvalue weighted by Crippen LogP contribution is 2.39. The van der Waals surface area contributed by atoms with Gasteiger partial charge < -0.3 is 23.9 Å². The molecule has 0 saturated heterocycles. The Morgan fingerprint density at radius 2 is 2.04 bits per heavy atom. The average Bonchev–Trinajstić information content (AvgIpc) is 3.18. The number of hydrogen-bond acceptors (Lipinski definition) is 5. The number of aliphatic carboxylic acids is 1. The summed E-state index contributed by atoms with van der Waals surface area (Å²) in [4.78, 5) is 25.7. The van der Waals surface area contributed by atoms with Crippen LogP contribution in [0.15, 0.2) is 41.0 Å². The number of carbonyl (C=O) groups is 2. The summed E-state index contributed by atoms with van der Waals surface area (Å²) < 4.78 is 15.9. The van der Waals surface area contributed by atoms with Crippen molar-refractivity contribution in [3.05, 3.63) is 53.5 Å². The van der Waals surface area contributed by atoms with Crippen molar-refractivity contribution in [1.82, 2.24) is 4.90 Å². The van der Waals surface area contributed by atoms with Gasteiger partial charge in [0.1, 0.15) is 5.76 Å². The third kappa shape index (κ3) is 3.97. The number of carbonyl (C=O) groups excluding carboxylic acids is 1. The van der Waals surface area contributed by atoms with Crippen LogP contribution in [-0.2, 0) is 16.0 Å². The summed E-state index contributed by atoms with van der Waals surface area (Å²) in [5.41, 5.74) is 1.72. The molecule has 1 N–H and O–H groups in total. The minimum atomic E-state index is -0.976. The minimum absolute atomic E-state index is 0.192. The number of carboxylic acids is 1. The van der Waals surface area contributed by atoms with Gasteiger partial charge >= 0.3 is 5.97 Å². The summed E-state index contributed by atoms with van der Waals surface area (Å²) in [5, 5.41) is 9.37. The number of methoxy groups -OCH3 is 2. The van der Waals surface area contributed by atoms with Crippen LogP contribution in [0.3, 0.4) is 0 Å². The Morgan fingerprint density at radius 3 is 2.67 bits per heavy atom. The first-order valence-electron chi connectivity index (χ1n) is 8.52. The highest BCUT2D eigenvalue weighted by atomic mass is 16.5. The van der Waals surface area contributed by atoms with Crippen LogP contribution in [0, 0.1) is 0 Å². The van der Waals surface area contributed by atoms with Crippen molar-refractivity contribution in [3.63, 3.8) is 0 Å². The molecule has 0 radical (unpaired) electrons. The van der Waals surface area contributed by atoms with Crippen molar-refractivity contribution in [3.8, 4) is 11.5 Å². The molecule has 0 bridgehead atoms. The molecule has 1 amide bonds. The fourth-order valence-corrected chi connectivity index (χ4v) is 3.31. The minimum Gasteiger partial charge on any atom is -0.493 e. The lowest BCUT2D eigenvalue weighted by Gasteiger charge is -2.36. The zero-order valence-corrected chi connectivity index (χ0v) is 15.2. The number of fused-ring (bicyclic) bond motifs is 1. The summed E-state index contributed by atoms with van der Waals surface area (Å²) in [6.45, 7) is 0.418. The molecule has 2 aromatic rings. The molecule has 7 nitrogen and oxygen atoms in total. The van der Waals surface area contributed by atoms with E-state index in [1.54, 1.807) is 36.3 Å². The summed E-state index contributed by atoms with van der Waals surface area (Å²) in [7, 11) is 3.07. The Balaban J connectivity index is 1.94. The maximum Gasteiger partial charge on any atom is 0.305 e. The van der Waals surface area contributed by atoms with E-state index in [1.165, 1.54) is 19.4 Å². The highest BCUT2D eigenvalue weighted by Gasteiger charge is 2.32. The maximum atomic E-state index is 12.7. The molecule has 0 fully saturated rings. The zero-order chi connectivity index (χ0) is 19.4. The SMILES string of the molecule is COc1cc2c(cc1OC)C(CC(=O)O)N(C(=O)C=Cc1ccco1)CC2. The van der Waals surface area contributed by atoms with Gasteiger partial charge in [-0.3, -0.25) is 9.59 Å². The van der Waals surface area contributed by atoms with Crippen LogP contribution < -0.4 is 9.47 Å². The lowest BCUT2D eigenvalue weighted by molar-refractivity contribution is -0.140. The van der Waals surface area contributed by atoms with Crippen LogP contribution in [0.25, 0.3) is 6.08 Å². The summed E-state index contributed by atoms with van der Waals surface area (Å²) in [6.07, 6.45) is 4.91. The Hall–Kier alpha value is -3.22. The number of benzene rings is 1. The van der Waals surface area contributed by atoms with E-state index in [2.05, 4.69) is 0 Å². The van der Waals surface area contributed by atoms with Gasteiger partial charge in [-0.1, -0.05) is 0 Å². The van der Waals surface area contributed by atoms with Crippen LogP contribution in [0.4, 0.5) is 0 Å². The van der Waals surface area contributed by atoms with Crippen molar-refractivity contribution in [2.24, 2.45) is 0 Å². The lowest BCUT2D eigenvalue weighted by atomic mass is 9.90.